The summed E-state index contributed by atoms with van der Waals surface area (Å²) in [6, 6.07) is -0.360. The molecule has 2 heterocycles. The van der Waals surface area contributed by atoms with Crippen LogP contribution in [0.5, 0.6) is 5.75 Å². The van der Waals surface area contributed by atoms with Crippen LogP contribution in [-0.4, -0.2) is 25.7 Å². The molecule has 0 radical (unpaired) electrons. The van der Waals surface area contributed by atoms with E-state index in [9.17, 15) is 17.6 Å². The van der Waals surface area contributed by atoms with Crippen LogP contribution in [0.3, 0.4) is 0 Å². The van der Waals surface area contributed by atoms with Crippen LogP contribution in [0, 0.1) is 35.6 Å². The molecule has 0 aliphatic carbocycles. The van der Waals surface area contributed by atoms with Crippen molar-refractivity contribution >= 4 is 5.57 Å². The lowest BCUT2D eigenvalue weighted by Crippen LogP contribution is -2.27. The number of hydrogen-bond donors (Lipinski definition) is 2. The second-order valence-corrected chi connectivity index (χ2v) is 6.02. The standard InChI is InChI=1S/C18H18F4N2O/c1-2-9-25-18-16(21)14(19)13(15(20)17(18)22)12(10-5-3-7-23-10)11-6-4-8-24-11/h1,10,23-24H,3-9H2/b12-11+. The zero-order valence-electron chi connectivity index (χ0n) is 13.5. The molecule has 1 unspecified atom stereocenters. The van der Waals surface area contributed by atoms with Gasteiger partial charge in [-0.15, -0.1) is 6.42 Å². The highest BCUT2D eigenvalue weighted by Crippen LogP contribution is 2.38. The average molecular weight is 354 g/mol. The molecule has 2 fully saturated rings. The summed E-state index contributed by atoms with van der Waals surface area (Å²) in [5, 5.41) is 6.22. The van der Waals surface area contributed by atoms with Crippen LogP contribution in [0.1, 0.15) is 31.2 Å². The van der Waals surface area contributed by atoms with E-state index >= 15 is 0 Å². The molecule has 7 heteroatoms. The molecule has 1 atom stereocenters. The molecule has 134 valence electrons. The SMILES string of the molecule is C#CCOc1c(F)c(F)c(/C(=C2\CCCN2)C2CCCN2)c(F)c1F. The molecule has 3 rings (SSSR count). The normalized spacial score (nSPS) is 21.8. The molecule has 2 N–H and O–H groups in total. The smallest absolute Gasteiger partial charge is 0.204 e. The maximum absolute atomic E-state index is 14.7. The Balaban J connectivity index is 2.17. The summed E-state index contributed by atoms with van der Waals surface area (Å²) < 4.78 is 62.7. The van der Waals surface area contributed by atoms with Crippen molar-refractivity contribution in [2.75, 3.05) is 19.7 Å². The van der Waals surface area contributed by atoms with Crippen molar-refractivity contribution in [1.29, 1.82) is 0 Å². The number of benzene rings is 1. The Morgan fingerprint density at radius 2 is 1.80 bits per heavy atom. The molecule has 0 amide bonds. The predicted molar refractivity (Wildman–Crippen MR) is 85.8 cm³/mol. The largest absolute Gasteiger partial charge is 0.475 e. The Morgan fingerprint density at radius 3 is 2.32 bits per heavy atom. The van der Waals surface area contributed by atoms with Gasteiger partial charge in [0.2, 0.25) is 11.6 Å². The number of nitrogens with one attached hydrogen (secondary N) is 2. The van der Waals surface area contributed by atoms with E-state index in [2.05, 4.69) is 15.4 Å². The van der Waals surface area contributed by atoms with Gasteiger partial charge in [-0.2, -0.15) is 8.78 Å². The van der Waals surface area contributed by atoms with Gasteiger partial charge in [0, 0.05) is 23.9 Å². The van der Waals surface area contributed by atoms with Gasteiger partial charge in [-0.1, -0.05) is 5.92 Å². The summed E-state index contributed by atoms with van der Waals surface area (Å²) in [5.41, 5.74) is 0.200. The summed E-state index contributed by atoms with van der Waals surface area (Å²) >= 11 is 0. The Bertz CT molecular complexity index is 711. The third-order valence-corrected chi connectivity index (χ3v) is 4.47. The fourth-order valence-corrected chi connectivity index (χ4v) is 3.38. The molecule has 2 saturated heterocycles. The van der Waals surface area contributed by atoms with Gasteiger partial charge in [0.1, 0.15) is 6.61 Å². The quantitative estimate of drug-likeness (QED) is 0.495. The van der Waals surface area contributed by atoms with Crippen molar-refractivity contribution in [1.82, 2.24) is 10.6 Å². The Morgan fingerprint density at radius 1 is 1.08 bits per heavy atom. The monoisotopic (exact) mass is 354 g/mol. The van der Waals surface area contributed by atoms with Gasteiger partial charge in [0.25, 0.3) is 0 Å². The molecule has 0 aromatic heterocycles. The first-order valence-corrected chi connectivity index (χ1v) is 8.19. The van der Waals surface area contributed by atoms with Gasteiger partial charge in [0.15, 0.2) is 17.4 Å². The molecule has 1 aromatic carbocycles. The fourth-order valence-electron chi connectivity index (χ4n) is 3.38. The van der Waals surface area contributed by atoms with E-state index in [1.54, 1.807) is 0 Å². The number of ether oxygens (including phenoxy) is 1. The second-order valence-electron chi connectivity index (χ2n) is 6.02. The summed E-state index contributed by atoms with van der Waals surface area (Å²) in [4.78, 5) is 0. The van der Waals surface area contributed by atoms with Gasteiger partial charge in [0.05, 0.1) is 5.56 Å². The summed E-state index contributed by atoms with van der Waals surface area (Å²) in [7, 11) is 0. The van der Waals surface area contributed by atoms with Crippen molar-refractivity contribution < 1.29 is 22.3 Å². The van der Waals surface area contributed by atoms with Crippen molar-refractivity contribution in [3.05, 3.63) is 34.5 Å². The van der Waals surface area contributed by atoms with Crippen molar-refractivity contribution in [2.24, 2.45) is 0 Å². The number of rotatable bonds is 4. The van der Waals surface area contributed by atoms with E-state index in [4.69, 9.17) is 6.42 Å². The minimum Gasteiger partial charge on any atom is -0.475 e. The van der Waals surface area contributed by atoms with E-state index in [0.29, 0.717) is 31.6 Å². The van der Waals surface area contributed by atoms with Crippen LogP contribution in [0.15, 0.2) is 5.70 Å². The number of hydrogen-bond acceptors (Lipinski definition) is 3. The molecule has 1 aromatic rings. The first kappa shape index (κ1) is 17.6. The lowest BCUT2D eigenvalue weighted by Gasteiger charge is -2.21. The molecule has 2 aliphatic rings. The highest BCUT2D eigenvalue weighted by Gasteiger charge is 2.34. The maximum Gasteiger partial charge on any atom is 0.204 e. The van der Waals surface area contributed by atoms with Gasteiger partial charge in [-0.25, -0.2) is 8.78 Å². The molecular formula is C18H18F4N2O. The lowest BCUT2D eigenvalue weighted by atomic mass is 9.93. The molecular weight excluding hydrogens is 336 g/mol. The van der Waals surface area contributed by atoms with Gasteiger partial charge < -0.3 is 15.4 Å². The fraction of sp³-hybridized carbons (Fsp3) is 0.444. The molecule has 0 spiro atoms. The first-order valence-electron chi connectivity index (χ1n) is 8.19. The highest BCUT2D eigenvalue weighted by molar-refractivity contribution is 5.74. The predicted octanol–water partition coefficient (Wildman–Crippen LogP) is 3.10. The summed E-state index contributed by atoms with van der Waals surface area (Å²) in [6.07, 6.45) is 7.79. The number of allylic oxidation sites excluding steroid dienone is 1. The second kappa shape index (κ2) is 7.36. The lowest BCUT2D eigenvalue weighted by molar-refractivity contribution is 0.305. The maximum atomic E-state index is 14.7. The third kappa shape index (κ3) is 3.19. The summed E-state index contributed by atoms with van der Waals surface area (Å²) in [5.74, 6) is -5.19. The van der Waals surface area contributed by atoms with E-state index in [-0.39, 0.29) is 11.6 Å². The topological polar surface area (TPSA) is 33.3 Å². The highest BCUT2D eigenvalue weighted by atomic mass is 19.2. The zero-order valence-corrected chi connectivity index (χ0v) is 13.5. The molecule has 3 nitrogen and oxygen atoms in total. The van der Waals surface area contributed by atoms with E-state index in [1.807, 2.05) is 5.92 Å². The minimum absolute atomic E-state index is 0.256. The Labute approximate surface area is 143 Å². The van der Waals surface area contributed by atoms with Gasteiger partial charge in [-0.3, -0.25) is 0 Å². The average Bonchev–Trinajstić information content (AvgIpc) is 3.31. The van der Waals surface area contributed by atoms with E-state index in [0.717, 1.165) is 12.8 Å². The molecule has 0 saturated carbocycles. The van der Waals surface area contributed by atoms with Crippen LogP contribution >= 0.6 is 0 Å². The van der Waals surface area contributed by atoms with Crippen molar-refractivity contribution in [2.45, 2.75) is 31.7 Å². The van der Waals surface area contributed by atoms with Gasteiger partial charge >= 0.3 is 0 Å². The van der Waals surface area contributed by atoms with E-state index < -0.39 is 41.2 Å². The minimum atomic E-state index is -1.57. The van der Waals surface area contributed by atoms with Crippen LogP contribution in [0.4, 0.5) is 17.6 Å². The first-order chi connectivity index (χ1) is 12.1. The summed E-state index contributed by atoms with van der Waals surface area (Å²) in [6.45, 7) is 0.841. The molecule has 0 bridgehead atoms. The van der Waals surface area contributed by atoms with Crippen molar-refractivity contribution in [3.63, 3.8) is 0 Å². The van der Waals surface area contributed by atoms with E-state index in [1.165, 1.54) is 0 Å². The van der Waals surface area contributed by atoms with Crippen molar-refractivity contribution in [3.8, 4) is 18.1 Å². The van der Waals surface area contributed by atoms with Crippen LogP contribution in [0.2, 0.25) is 0 Å². The molecule has 25 heavy (non-hydrogen) atoms. The van der Waals surface area contributed by atoms with Crippen LogP contribution < -0.4 is 15.4 Å². The number of terminal acetylenes is 1. The Kier molecular flexibility index (Phi) is 5.19. The zero-order chi connectivity index (χ0) is 18.0. The number of halogens is 4. The van der Waals surface area contributed by atoms with Gasteiger partial charge in [-0.05, 0) is 32.2 Å². The molecule has 2 aliphatic heterocycles. The van der Waals surface area contributed by atoms with Crippen LogP contribution in [0.25, 0.3) is 5.57 Å². The van der Waals surface area contributed by atoms with Crippen LogP contribution in [-0.2, 0) is 0 Å². The third-order valence-electron chi connectivity index (χ3n) is 4.47. The Hall–Kier alpha value is -2.20.